The molecule has 1 atom stereocenters. The van der Waals surface area contributed by atoms with Crippen molar-refractivity contribution in [1.29, 1.82) is 0 Å². The molecule has 1 heterocycles. The van der Waals surface area contributed by atoms with Crippen molar-refractivity contribution in [2.24, 2.45) is 0 Å². The van der Waals surface area contributed by atoms with Gasteiger partial charge in [-0.2, -0.15) is 0 Å². The van der Waals surface area contributed by atoms with E-state index in [1.165, 1.54) is 12.1 Å². The van der Waals surface area contributed by atoms with Crippen LogP contribution < -0.4 is 14.8 Å². The van der Waals surface area contributed by atoms with Gasteiger partial charge in [0.15, 0.2) is 0 Å². The maximum Gasteiger partial charge on any atom is 0.322 e. The highest BCUT2D eigenvalue weighted by molar-refractivity contribution is 5.90. The van der Waals surface area contributed by atoms with E-state index in [-0.39, 0.29) is 17.8 Å². The Hall–Kier alpha value is -3.29. The first kappa shape index (κ1) is 18.5. The summed E-state index contributed by atoms with van der Waals surface area (Å²) in [5.74, 6) is 1.34. The molecule has 0 radical (unpaired) electrons. The number of urea groups is 1. The van der Waals surface area contributed by atoms with Gasteiger partial charge in [0, 0.05) is 36.0 Å². The van der Waals surface area contributed by atoms with Crippen LogP contribution in [0.25, 0.3) is 0 Å². The SMILES string of the molecule is COc1ccc(C2CCCN2C(=O)Nc2cccc([N+](=O)[O-])c2)c(OC)c1. The molecule has 1 fully saturated rings. The number of ether oxygens (including phenoxy) is 2. The van der Waals surface area contributed by atoms with Crippen molar-refractivity contribution < 1.29 is 19.2 Å². The lowest BCUT2D eigenvalue weighted by atomic mass is 10.0. The molecular weight excluding hydrogens is 350 g/mol. The van der Waals surface area contributed by atoms with Crippen LogP contribution in [-0.4, -0.2) is 36.6 Å². The molecule has 1 saturated heterocycles. The third-order valence-electron chi connectivity index (χ3n) is 4.62. The highest BCUT2D eigenvalue weighted by Crippen LogP contribution is 2.39. The Kier molecular flexibility index (Phi) is 5.44. The maximum atomic E-state index is 12.8. The Balaban J connectivity index is 1.81. The van der Waals surface area contributed by atoms with Crippen LogP contribution in [0.3, 0.4) is 0 Å². The summed E-state index contributed by atoms with van der Waals surface area (Å²) >= 11 is 0. The Bertz CT molecular complexity index is 855. The second-order valence-corrected chi connectivity index (χ2v) is 6.20. The van der Waals surface area contributed by atoms with E-state index in [1.54, 1.807) is 37.3 Å². The first-order valence-electron chi connectivity index (χ1n) is 8.57. The number of amides is 2. The van der Waals surface area contributed by atoms with Crippen molar-refractivity contribution in [3.8, 4) is 11.5 Å². The van der Waals surface area contributed by atoms with Gasteiger partial charge in [0.2, 0.25) is 0 Å². The zero-order valence-electron chi connectivity index (χ0n) is 15.2. The number of nitrogens with one attached hydrogen (secondary N) is 1. The molecule has 8 heteroatoms. The Morgan fingerprint density at radius 1 is 1.22 bits per heavy atom. The molecule has 3 rings (SSSR count). The van der Waals surface area contributed by atoms with Gasteiger partial charge in [-0.25, -0.2) is 4.79 Å². The first-order chi connectivity index (χ1) is 13.0. The van der Waals surface area contributed by atoms with E-state index in [1.807, 2.05) is 12.1 Å². The third-order valence-corrected chi connectivity index (χ3v) is 4.62. The number of non-ortho nitro benzene ring substituents is 1. The second-order valence-electron chi connectivity index (χ2n) is 6.20. The fourth-order valence-electron chi connectivity index (χ4n) is 3.32. The average Bonchev–Trinajstić information content (AvgIpc) is 3.17. The molecular formula is C19H21N3O5. The molecule has 0 bridgehead atoms. The van der Waals surface area contributed by atoms with Crippen molar-refractivity contribution in [3.63, 3.8) is 0 Å². The number of rotatable bonds is 5. The number of carbonyl (C=O) groups is 1. The number of hydrogen-bond donors (Lipinski definition) is 1. The van der Waals surface area contributed by atoms with Crippen LogP contribution in [0.5, 0.6) is 11.5 Å². The Labute approximate surface area is 156 Å². The summed E-state index contributed by atoms with van der Waals surface area (Å²) in [6, 6.07) is 11.0. The minimum Gasteiger partial charge on any atom is -0.497 e. The molecule has 1 aliphatic rings. The average molecular weight is 371 g/mol. The molecule has 27 heavy (non-hydrogen) atoms. The van der Waals surface area contributed by atoms with Crippen LogP contribution in [0.1, 0.15) is 24.4 Å². The fourth-order valence-corrected chi connectivity index (χ4v) is 3.32. The molecule has 0 aliphatic carbocycles. The summed E-state index contributed by atoms with van der Waals surface area (Å²) in [7, 11) is 3.17. The fraction of sp³-hybridized carbons (Fsp3) is 0.316. The molecule has 0 saturated carbocycles. The van der Waals surface area contributed by atoms with Gasteiger partial charge in [-0.3, -0.25) is 10.1 Å². The highest BCUT2D eigenvalue weighted by atomic mass is 16.6. The van der Waals surface area contributed by atoms with Crippen molar-refractivity contribution in [3.05, 3.63) is 58.1 Å². The van der Waals surface area contributed by atoms with E-state index in [2.05, 4.69) is 5.32 Å². The third kappa shape index (κ3) is 3.94. The van der Waals surface area contributed by atoms with Gasteiger partial charge in [0.25, 0.3) is 5.69 Å². The molecule has 0 spiro atoms. The smallest absolute Gasteiger partial charge is 0.322 e. The number of nitro groups is 1. The number of benzene rings is 2. The maximum absolute atomic E-state index is 12.8. The molecule has 1 N–H and O–H groups in total. The molecule has 0 aromatic heterocycles. The van der Waals surface area contributed by atoms with Crippen molar-refractivity contribution in [2.45, 2.75) is 18.9 Å². The van der Waals surface area contributed by atoms with Crippen LogP contribution >= 0.6 is 0 Å². The first-order valence-corrected chi connectivity index (χ1v) is 8.57. The lowest BCUT2D eigenvalue weighted by Crippen LogP contribution is -2.34. The Morgan fingerprint density at radius 2 is 2.04 bits per heavy atom. The number of methoxy groups -OCH3 is 2. The number of nitro benzene ring substituents is 1. The summed E-state index contributed by atoms with van der Waals surface area (Å²) in [5.41, 5.74) is 1.23. The predicted octanol–water partition coefficient (Wildman–Crippen LogP) is 3.98. The van der Waals surface area contributed by atoms with E-state index >= 15 is 0 Å². The number of carbonyl (C=O) groups excluding carboxylic acids is 1. The molecule has 1 aliphatic heterocycles. The summed E-state index contributed by atoms with van der Waals surface area (Å²) in [4.78, 5) is 24.9. The number of likely N-dealkylation sites (tertiary alicyclic amines) is 1. The number of hydrogen-bond acceptors (Lipinski definition) is 5. The van der Waals surface area contributed by atoms with Crippen LogP contribution in [0.2, 0.25) is 0 Å². The van der Waals surface area contributed by atoms with E-state index < -0.39 is 4.92 Å². The number of nitrogens with zero attached hydrogens (tertiary/aromatic N) is 2. The zero-order valence-corrected chi connectivity index (χ0v) is 15.2. The second kappa shape index (κ2) is 7.94. The van der Waals surface area contributed by atoms with E-state index in [9.17, 15) is 14.9 Å². The summed E-state index contributed by atoms with van der Waals surface area (Å²) < 4.78 is 10.7. The van der Waals surface area contributed by atoms with Gasteiger partial charge in [0.1, 0.15) is 11.5 Å². The van der Waals surface area contributed by atoms with Gasteiger partial charge in [-0.1, -0.05) is 6.07 Å². The standard InChI is InChI=1S/C19H21N3O5/c1-26-15-8-9-16(18(12-15)27-2)17-7-4-10-21(17)19(23)20-13-5-3-6-14(11-13)22(24)25/h3,5-6,8-9,11-12,17H,4,7,10H2,1-2H3,(H,20,23). The molecule has 2 amide bonds. The van der Waals surface area contributed by atoms with Crippen LogP contribution in [0.4, 0.5) is 16.2 Å². The molecule has 142 valence electrons. The topological polar surface area (TPSA) is 93.9 Å². The molecule has 8 nitrogen and oxygen atoms in total. The minimum absolute atomic E-state index is 0.0670. The van der Waals surface area contributed by atoms with Crippen LogP contribution in [-0.2, 0) is 0 Å². The Morgan fingerprint density at radius 3 is 2.74 bits per heavy atom. The van der Waals surface area contributed by atoms with Crippen molar-refractivity contribution in [1.82, 2.24) is 4.90 Å². The molecule has 2 aromatic carbocycles. The van der Waals surface area contributed by atoms with Gasteiger partial charge in [0.05, 0.1) is 25.2 Å². The summed E-state index contributed by atoms with van der Waals surface area (Å²) in [5, 5.41) is 13.7. The van der Waals surface area contributed by atoms with E-state index in [0.29, 0.717) is 23.7 Å². The van der Waals surface area contributed by atoms with Gasteiger partial charge < -0.3 is 19.7 Å². The highest BCUT2D eigenvalue weighted by Gasteiger charge is 2.32. The quantitative estimate of drug-likeness (QED) is 0.634. The number of anilines is 1. The summed E-state index contributed by atoms with van der Waals surface area (Å²) in [6.07, 6.45) is 1.67. The zero-order chi connectivity index (χ0) is 19.4. The van der Waals surface area contributed by atoms with Gasteiger partial charge in [-0.15, -0.1) is 0 Å². The monoisotopic (exact) mass is 371 g/mol. The normalized spacial score (nSPS) is 16.1. The predicted molar refractivity (Wildman–Crippen MR) is 100 cm³/mol. The van der Waals surface area contributed by atoms with Crippen molar-refractivity contribution >= 4 is 17.4 Å². The van der Waals surface area contributed by atoms with Crippen molar-refractivity contribution in [2.75, 3.05) is 26.1 Å². The lowest BCUT2D eigenvalue weighted by molar-refractivity contribution is -0.384. The minimum atomic E-state index is -0.490. The van der Waals surface area contributed by atoms with E-state index in [4.69, 9.17) is 9.47 Å². The lowest BCUT2D eigenvalue weighted by Gasteiger charge is -2.26. The van der Waals surface area contributed by atoms with Crippen LogP contribution in [0, 0.1) is 10.1 Å². The van der Waals surface area contributed by atoms with Crippen LogP contribution in [0.15, 0.2) is 42.5 Å². The largest absolute Gasteiger partial charge is 0.497 e. The van der Waals surface area contributed by atoms with Gasteiger partial charge in [-0.05, 0) is 31.0 Å². The van der Waals surface area contributed by atoms with Gasteiger partial charge >= 0.3 is 6.03 Å². The summed E-state index contributed by atoms with van der Waals surface area (Å²) in [6.45, 7) is 0.598. The molecule has 1 unspecified atom stereocenters. The van der Waals surface area contributed by atoms with E-state index in [0.717, 1.165) is 18.4 Å². The molecule has 2 aromatic rings.